The minimum Gasteiger partial charge on any atom is -0.405 e. The van der Waals surface area contributed by atoms with Gasteiger partial charge in [-0.25, -0.2) is 8.42 Å². The highest BCUT2D eigenvalue weighted by molar-refractivity contribution is 8.14. The standard InChI is InChI=1S/C7H4ClF3O3S2/c8-16(12,13)5-3-1-2-4(6(5)15)14-7(9,10)11/h1-3,15H. The van der Waals surface area contributed by atoms with Gasteiger partial charge in [-0.2, -0.15) is 0 Å². The first-order valence-electron chi connectivity index (χ1n) is 3.63. The molecule has 0 saturated heterocycles. The smallest absolute Gasteiger partial charge is 0.405 e. The van der Waals surface area contributed by atoms with Crippen LogP contribution in [-0.2, 0) is 9.05 Å². The van der Waals surface area contributed by atoms with Crippen molar-refractivity contribution in [1.82, 2.24) is 0 Å². The molecule has 0 aromatic heterocycles. The molecule has 0 aliphatic rings. The van der Waals surface area contributed by atoms with Crippen LogP contribution in [0.5, 0.6) is 5.75 Å². The zero-order valence-electron chi connectivity index (χ0n) is 7.32. The number of alkyl halides is 3. The molecule has 1 aromatic rings. The van der Waals surface area contributed by atoms with Crippen molar-refractivity contribution in [3.8, 4) is 5.75 Å². The van der Waals surface area contributed by atoms with Gasteiger partial charge in [0.25, 0.3) is 9.05 Å². The van der Waals surface area contributed by atoms with Crippen LogP contribution in [0.3, 0.4) is 0 Å². The molecule has 0 amide bonds. The third-order valence-corrected chi connectivity index (χ3v) is 3.43. The Morgan fingerprint density at radius 2 is 1.88 bits per heavy atom. The first-order valence-corrected chi connectivity index (χ1v) is 6.39. The molecule has 9 heteroatoms. The van der Waals surface area contributed by atoms with E-state index >= 15 is 0 Å². The molecule has 0 fully saturated rings. The van der Waals surface area contributed by atoms with Crippen LogP contribution in [0.1, 0.15) is 0 Å². The largest absolute Gasteiger partial charge is 0.573 e. The molecular weight excluding hydrogens is 289 g/mol. The summed E-state index contributed by atoms with van der Waals surface area (Å²) < 4.78 is 61.2. The van der Waals surface area contributed by atoms with Gasteiger partial charge >= 0.3 is 6.36 Å². The van der Waals surface area contributed by atoms with Gasteiger partial charge in [-0.05, 0) is 12.1 Å². The Bertz CT molecular complexity index is 498. The third-order valence-electron chi connectivity index (χ3n) is 1.45. The Balaban J connectivity index is 3.25. The molecular formula is C7H4ClF3O3S2. The summed E-state index contributed by atoms with van der Waals surface area (Å²) in [6, 6.07) is 3.02. The van der Waals surface area contributed by atoms with E-state index in [0.29, 0.717) is 0 Å². The number of benzene rings is 1. The lowest BCUT2D eigenvalue weighted by Crippen LogP contribution is -2.17. The van der Waals surface area contributed by atoms with Crippen molar-refractivity contribution in [3.63, 3.8) is 0 Å². The van der Waals surface area contributed by atoms with Gasteiger partial charge in [0.2, 0.25) is 0 Å². The fraction of sp³-hybridized carbons (Fsp3) is 0.143. The minimum absolute atomic E-state index is 0.491. The second-order valence-corrected chi connectivity index (χ2v) is 5.57. The molecule has 1 rings (SSSR count). The molecule has 16 heavy (non-hydrogen) atoms. The van der Waals surface area contributed by atoms with E-state index < -0.39 is 31.0 Å². The summed E-state index contributed by atoms with van der Waals surface area (Å²) in [5.74, 6) is -0.724. The van der Waals surface area contributed by atoms with Crippen LogP contribution >= 0.6 is 23.3 Å². The zero-order valence-corrected chi connectivity index (χ0v) is 9.79. The maximum atomic E-state index is 11.9. The Morgan fingerprint density at radius 3 is 2.31 bits per heavy atom. The zero-order chi connectivity index (χ0) is 12.6. The second-order valence-electron chi connectivity index (χ2n) is 2.59. The highest BCUT2D eigenvalue weighted by atomic mass is 35.7. The Kier molecular flexibility index (Phi) is 3.65. The molecule has 0 bridgehead atoms. The average Bonchev–Trinajstić information content (AvgIpc) is 2.04. The predicted octanol–water partition coefficient (Wildman–Crippen LogP) is 2.80. The quantitative estimate of drug-likeness (QED) is 0.673. The van der Waals surface area contributed by atoms with Gasteiger partial charge in [0, 0.05) is 10.7 Å². The Hall–Kier alpha value is -0.600. The van der Waals surface area contributed by atoms with Crippen molar-refractivity contribution in [2.24, 2.45) is 0 Å². The molecule has 90 valence electrons. The number of hydrogen-bond donors (Lipinski definition) is 1. The summed E-state index contributed by atoms with van der Waals surface area (Å²) in [7, 11) is 0.830. The molecule has 1 aromatic carbocycles. The SMILES string of the molecule is O=S(=O)(Cl)c1cccc(OC(F)(F)F)c1S. The van der Waals surface area contributed by atoms with Gasteiger partial charge in [0.15, 0.2) is 0 Å². The maximum Gasteiger partial charge on any atom is 0.573 e. The summed E-state index contributed by atoms with van der Waals surface area (Å²) in [5, 5.41) is 0. The Labute approximate surface area is 99.0 Å². The van der Waals surface area contributed by atoms with E-state index in [1.165, 1.54) is 0 Å². The lowest BCUT2D eigenvalue weighted by molar-refractivity contribution is -0.275. The van der Waals surface area contributed by atoms with Gasteiger partial charge in [-0.3, -0.25) is 0 Å². The summed E-state index contributed by atoms with van der Waals surface area (Å²) in [6.45, 7) is 0. The first kappa shape index (κ1) is 13.5. The molecule has 3 nitrogen and oxygen atoms in total. The van der Waals surface area contributed by atoms with Crippen LogP contribution in [0.25, 0.3) is 0 Å². The number of ether oxygens (including phenoxy) is 1. The third kappa shape index (κ3) is 3.46. The lowest BCUT2D eigenvalue weighted by Gasteiger charge is -2.11. The van der Waals surface area contributed by atoms with Gasteiger partial charge in [0.05, 0.1) is 9.79 Å². The van der Waals surface area contributed by atoms with Crippen LogP contribution in [0.15, 0.2) is 28.0 Å². The van der Waals surface area contributed by atoms with E-state index in [1.807, 2.05) is 0 Å². The Morgan fingerprint density at radius 1 is 1.31 bits per heavy atom. The van der Waals surface area contributed by atoms with E-state index in [-0.39, 0.29) is 0 Å². The highest BCUT2D eigenvalue weighted by Gasteiger charge is 2.32. The maximum absolute atomic E-state index is 11.9. The van der Waals surface area contributed by atoms with Crippen LogP contribution in [0.4, 0.5) is 13.2 Å². The second kappa shape index (κ2) is 4.34. The summed E-state index contributed by atoms with van der Waals surface area (Å²) in [4.78, 5) is -1.03. The highest BCUT2D eigenvalue weighted by Crippen LogP contribution is 2.34. The van der Waals surface area contributed by atoms with E-state index in [4.69, 9.17) is 10.7 Å². The van der Waals surface area contributed by atoms with Crippen molar-refractivity contribution in [3.05, 3.63) is 18.2 Å². The molecule has 0 N–H and O–H groups in total. The van der Waals surface area contributed by atoms with Gasteiger partial charge in [-0.1, -0.05) is 6.07 Å². The van der Waals surface area contributed by atoms with Gasteiger partial charge in [0.1, 0.15) is 5.75 Å². The van der Waals surface area contributed by atoms with Crippen LogP contribution in [0, 0.1) is 0 Å². The fourth-order valence-electron chi connectivity index (χ4n) is 0.906. The minimum atomic E-state index is -4.92. The molecule has 0 heterocycles. The first-order chi connectivity index (χ1) is 7.11. The average molecular weight is 293 g/mol. The molecule has 0 spiro atoms. The predicted molar refractivity (Wildman–Crippen MR) is 53.4 cm³/mol. The summed E-state index contributed by atoms with van der Waals surface area (Å²) >= 11 is 3.63. The van der Waals surface area contributed by atoms with Crippen molar-refractivity contribution in [2.45, 2.75) is 16.2 Å². The molecule has 0 aliphatic heterocycles. The lowest BCUT2D eigenvalue weighted by atomic mass is 10.3. The summed E-state index contributed by atoms with van der Waals surface area (Å²) in [6.07, 6.45) is -4.92. The van der Waals surface area contributed by atoms with E-state index in [2.05, 4.69) is 17.4 Å². The fourth-order valence-corrected chi connectivity index (χ4v) is 2.58. The normalized spacial score (nSPS) is 12.6. The van der Waals surface area contributed by atoms with Crippen LogP contribution in [-0.4, -0.2) is 14.8 Å². The number of rotatable bonds is 2. The van der Waals surface area contributed by atoms with Crippen molar-refractivity contribution < 1.29 is 26.3 Å². The molecule has 0 aliphatic carbocycles. The van der Waals surface area contributed by atoms with Crippen molar-refractivity contribution >= 4 is 32.4 Å². The van der Waals surface area contributed by atoms with Crippen molar-refractivity contribution in [2.75, 3.05) is 0 Å². The number of hydrogen-bond acceptors (Lipinski definition) is 4. The van der Waals surface area contributed by atoms with Crippen LogP contribution < -0.4 is 4.74 Å². The molecule has 0 unspecified atom stereocenters. The van der Waals surface area contributed by atoms with E-state index in [0.717, 1.165) is 18.2 Å². The van der Waals surface area contributed by atoms with Gasteiger partial charge in [-0.15, -0.1) is 25.8 Å². The molecule has 0 atom stereocenters. The monoisotopic (exact) mass is 292 g/mol. The number of thiol groups is 1. The number of halogens is 4. The van der Waals surface area contributed by atoms with E-state index in [1.54, 1.807) is 0 Å². The molecule has 0 radical (unpaired) electrons. The van der Waals surface area contributed by atoms with E-state index in [9.17, 15) is 21.6 Å². The van der Waals surface area contributed by atoms with Crippen molar-refractivity contribution in [1.29, 1.82) is 0 Å². The molecule has 0 saturated carbocycles. The summed E-state index contributed by atoms with van der Waals surface area (Å²) in [5.41, 5.74) is 0. The van der Waals surface area contributed by atoms with Gasteiger partial charge < -0.3 is 4.74 Å². The van der Waals surface area contributed by atoms with Crippen LogP contribution in [0.2, 0.25) is 0 Å². The topological polar surface area (TPSA) is 43.4 Å².